The molecule has 3 rings (SSSR count). The summed E-state index contributed by atoms with van der Waals surface area (Å²) in [4.78, 5) is 5.04. The first-order chi connectivity index (χ1) is 13.3. The van der Waals surface area contributed by atoms with Gasteiger partial charge >= 0.3 is 0 Å². The molecule has 3 aromatic rings. The van der Waals surface area contributed by atoms with Crippen molar-refractivity contribution in [2.75, 3.05) is 0 Å². The highest BCUT2D eigenvalue weighted by atomic mass is 35.5. The largest absolute Gasteiger partial charge is 0.611 e. The molecule has 148 valence electrons. The van der Waals surface area contributed by atoms with Crippen molar-refractivity contribution in [2.45, 2.75) is 48.0 Å². The molecule has 0 spiro atoms. The van der Waals surface area contributed by atoms with E-state index in [4.69, 9.17) is 11.6 Å². The molecule has 0 radical (unpaired) electrons. The number of nitrogens with zero attached hydrogens (tertiary/aromatic N) is 2. The van der Waals surface area contributed by atoms with Crippen LogP contribution in [0.5, 0.6) is 0 Å². The predicted molar refractivity (Wildman–Crippen MR) is 120 cm³/mol. The molecule has 0 bridgehead atoms. The molecule has 0 aliphatic carbocycles. The van der Waals surface area contributed by atoms with Gasteiger partial charge in [-0.25, -0.2) is 4.98 Å². The van der Waals surface area contributed by atoms with Gasteiger partial charge in [-0.1, -0.05) is 35.9 Å². The van der Waals surface area contributed by atoms with Crippen molar-refractivity contribution >= 4 is 34.5 Å². The summed E-state index contributed by atoms with van der Waals surface area (Å²) >= 11 is 6.86. The summed E-state index contributed by atoms with van der Waals surface area (Å²) in [6.07, 6.45) is 5.63. The van der Waals surface area contributed by atoms with Crippen LogP contribution in [0.3, 0.4) is 0 Å². The van der Waals surface area contributed by atoms with Gasteiger partial charge in [0, 0.05) is 35.0 Å². The maximum Gasteiger partial charge on any atom is 0.153 e. The lowest BCUT2D eigenvalue weighted by molar-refractivity contribution is 0.559. The van der Waals surface area contributed by atoms with Crippen molar-refractivity contribution < 1.29 is 4.55 Å². The number of imidazole rings is 1. The van der Waals surface area contributed by atoms with Gasteiger partial charge in [0.1, 0.15) is 4.75 Å². The van der Waals surface area contributed by atoms with Crippen LogP contribution in [0.1, 0.15) is 37.1 Å². The van der Waals surface area contributed by atoms with Gasteiger partial charge in [-0.3, -0.25) is 0 Å². The highest BCUT2D eigenvalue weighted by molar-refractivity contribution is 7.98. The van der Waals surface area contributed by atoms with Crippen LogP contribution < -0.4 is 0 Å². The topological polar surface area (TPSA) is 40.9 Å². The van der Waals surface area contributed by atoms with E-state index in [2.05, 4.69) is 33.8 Å². The molecular formula is C22H25ClN2OS2. The molecule has 2 aromatic carbocycles. The Morgan fingerprint density at radius 1 is 1.11 bits per heavy atom. The highest BCUT2D eigenvalue weighted by Crippen LogP contribution is 2.35. The highest BCUT2D eigenvalue weighted by Gasteiger charge is 2.28. The molecule has 0 fully saturated rings. The van der Waals surface area contributed by atoms with E-state index in [1.54, 1.807) is 6.20 Å². The van der Waals surface area contributed by atoms with Gasteiger partial charge in [0.15, 0.2) is 4.90 Å². The second kappa shape index (κ2) is 9.40. The number of benzene rings is 2. The number of hydrogen-bond donors (Lipinski definition) is 0. The van der Waals surface area contributed by atoms with Crippen molar-refractivity contribution in [1.82, 2.24) is 9.55 Å². The molecule has 0 aliphatic heterocycles. The average molecular weight is 433 g/mol. The van der Waals surface area contributed by atoms with Crippen molar-refractivity contribution in [1.29, 1.82) is 0 Å². The number of halogens is 1. The van der Waals surface area contributed by atoms with Crippen LogP contribution in [-0.2, 0) is 23.5 Å². The Bertz CT molecular complexity index is 859. The molecule has 2 unspecified atom stereocenters. The van der Waals surface area contributed by atoms with E-state index in [1.165, 1.54) is 11.1 Å². The standard InChI is InChI=1S/C22H25ClN2OS2/c1-22(2,3)28(26)20-10-6-18(7-11-20)21(14-25-13-12-24-16-25)27-15-17-4-8-19(23)9-5-17/h4-13,16,21H,14-15H2,1-3H3. The van der Waals surface area contributed by atoms with E-state index in [1.807, 2.05) is 69.3 Å². The van der Waals surface area contributed by atoms with Gasteiger partial charge in [-0.15, -0.1) is 11.8 Å². The van der Waals surface area contributed by atoms with Gasteiger partial charge < -0.3 is 9.12 Å². The molecule has 0 aliphatic rings. The molecule has 0 saturated carbocycles. The first-order valence-electron chi connectivity index (χ1n) is 9.16. The molecule has 3 nitrogen and oxygen atoms in total. The van der Waals surface area contributed by atoms with Gasteiger partial charge in [0.2, 0.25) is 0 Å². The molecule has 0 saturated heterocycles. The summed E-state index contributed by atoms with van der Waals surface area (Å²) in [5.74, 6) is 0.895. The number of hydrogen-bond acceptors (Lipinski definition) is 3. The molecule has 1 heterocycles. The van der Waals surface area contributed by atoms with Gasteiger partial charge in [-0.2, -0.15) is 0 Å². The average Bonchev–Trinajstić information content (AvgIpc) is 3.18. The summed E-state index contributed by atoms with van der Waals surface area (Å²) in [6.45, 7) is 6.84. The SMILES string of the molecule is CC(C)(C)[S+]([O-])c1ccc(C(Cn2ccnc2)SCc2ccc(Cl)cc2)cc1. The zero-order chi connectivity index (χ0) is 20.1. The quantitative estimate of drug-likeness (QED) is 0.422. The van der Waals surface area contributed by atoms with Crippen LogP contribution in [-0.4, -0.2) is 18.9 Å². The lowest BCUT2D eigenvalue weighted by Gasteiger charge is -2.24. The molecule has 0 N–H and O–H groups in total. The maximum absolute atomic E-state index is 12.6. The smallest absolute Gasteiger partial charge is 0.153 e. The first kappa shape index (κ1) is 21.3. The third-order valence-electron chi connectivity index (χ3n) is 4.32. The van der Waals surface area contributed by atoms with Crippen LogP contribution >= 0.6 is 23.4 Å². The molecular weight excluding hydrogens is 408 g/mol. The molecule has 1 aromatic heterocycles. The van der Waals surface area contributed by atoms with Crippen LogP contribution in [0.2, 0.25) is 5.02 Å². The minimum absolute atomic E-state index is 0.263. The summed E-state index contributed by atoms with van der Waals surface area (Å²) in [7, 11) is 0. The third kappa shape index (κ3) is 5.80. The predicted octanol–water partition coefficient (Wildman–Crippen LogP) is 6.12. The van der Waals surface area contributed by atoms with Gasteiger partial charge in [-0.05, 0) is 67.3 Å². The lowest BCUT2D eigenvalue weighted by Crippen LogP contribution is -2.27. The molecule has 0 amide bonds. The van der Waals surface area contributed by atoms with E-state index in [9.17, 15) is 4.55 Å². The van der Waals surface area contributed by atoms with E-state index in [0.29, 0.717) is 0 Å². The maximum atomic E-state index is 12.6. The summed E-state index contributed by atoms with van der Waals surface area (Å²) in [5.41, 5.74) is 2.47. The Labute approximate surface area is 179 Å². The Morgan fingerprint density at radius 3 is 2.36 bits per heavy atom. The Hall–Kier alpha value is -1.40. The van der Waals surface area contributed by atoms with E-state index >= 15 is 0 Å². The fourth-order valence-corrected chi connectivity index (χ4v) is 5.21. The van der Waals surface area contributed by atoms with E-state index in [0.717, 1.165) is 22.2 Å². The lowest BCUT2D eigenvalue weighted by atomic mass is 10.1. The second-order valence-electron chi connectivity index (χ2n) is 7.64. The fraction of sp³-hybridized carbons (Fsp3) is 0.318. The minimum atomic E-state index is -1.02. The molecule has 2 atom stereocenters. The monoisotopic (exact) mass is 432 g/mol. The second-order valence-corrected chi connectivity index (χ2v) is 11.5. The van der Waals surface area contributed by atoms with E-state index < -0.39 is 11.2 Å². The first-order valence-corrected chi connectivity index (χ1v) is 11.7. The number of aromatic nitrogens is 2. The van der Waals surface area contributed by atoms with Crippen LogP contribution in [0.25, 0.3) is 0 Å². The van der Waals surface area contributed by atoms with Crippen molar-refractivity contribution in [3.05, 3.63) is 83.4 Å². The van der Waals surface area contributed by atoms with Crippen molar-refractivity contribution in [2.24, 2.45) is 0 Å². The van der Waals surface area contributed by atoms with Crippen LogP contribution in [0.15, 0.2) is 72.1 Å². The van der Waals surface area contributed by atoms with Crippen molar-refractivity contribution in [3.8, 4) is 0 Å². The van der Waals surface area contributed by atoms with Crippen molar-refractivity contribution in [3.63, 3.8) is 0 Å². The van der Waals surface area contributed by atoms with E-state index in [-0.39, 0.29) is 10.00 Å². The summed E-state index contributed by atoms with van der Waals surface area (Å²) in [6, 6.07) is 16.2. The van der Waals surface area contributed by atoms with Crippen LogP contribution in [0.4, 0.5) is 0 Å². The summed E-state index contributed by atoms with van der Waals surface area (Å²) in [5, 5.41) is 1.02. The van der Waals surface area contributed by atoms with Gasteiger partial charge in [0.05, 0.1) is 6.33 Å². The summed E-state index contributed by atoms with van der Waals surface area (Å²) < 4.78 is 14.5. The fourth-order valence-electron chi connectivity index (χ4n) is 2.78. The Kier molecular flexibility index (Phi) is 7.15. The Morgan fingerprint density at radius 2 is 1.79 bits per heavy atom. The minimum Gasteiger partial charge on any atom is -0.611 e. The van der Waals surface area contributed by atoms with Crippen LogP contribution in [0, 0.1) is 0 Å². The normalized spacial score (nSPS) is 14.0. The zero-order valence-corrected chi connectivity index (χ0v) is 18.7. The zero-order valence-electron chi connectivity index (χ0n) is 16.3. The Balaban J connectivity index is 1.77. The number of thioether (sulfide) groups is 1. The molecule has 28 heavy (non-hydrogen) atoms. The molecule has 6 heteroatoms. The van der Waals surface area contributed by atoms with Gasteiger partial charge in [0.25, 0.3) is 0 Å². The number of rotatable bonds is 7. The third-order valence-corrected chi connectivity index (χ3v) is 7.71.